The summed E-state index contributed by atoms with van der Waals surface area (Å²) in [6.07, 6.45) is 0. The van der Waals surface area contributed by atoms with Crippen molar-refractivity contribution in [2.45, 2.75) is 24.0 Å². The van der Waals surface area contributed by atoms with Crippen molar-refractivity contribution < 1.29 is 22.0 Å². The minimum absolute atomic E-state index is 0.0638. The Labute approximate surface area is 178 Å². The van der Waals surface area contributed by atoms with Crippen molar-refractivity contribution in [1.29, 1.82) is 0 Å². The molecule has 0 unspecified atom stereocenters. The maximum absolute atomic E-state index is 12.9. The lowest BCUT2D eigenvalue weighted by Gasteiger charge is -2.18. The van der Waals surface area contributed by atoms with Gasteiger partial charge in [-0.1, -0.05) is 25.6 Å². The molecule has 0 spiro atoms. The lowest BCUT2D eigenvalue weighted by Crippen LogP contribution is -2.30. The highest BCUT2D eigenvalue weighted by molar-refractivity contribution is 7.99. The summed E-state index contributed by atoms with van der Waals surface area (Å²) in [5.74, 6) is -0.310. The van der Waals surface area contributed by atoms with Gasteiger partial charge in [-0.25, -0.2) is 12.8 Å². The number of ketones is 1. The normalized spacial score (nSPS) is 11.7. The van der Waals surface area contributed by atoms with Crippen molar-refractivity contribution >= 4 is 27.6 Å². The van der Waals surface area contributed by atoms with Crippen molar-refractivity contribution in [3.8, 4) is 11.5 Å². The smallest absolute Gasteiger partial charge is 0.277 e. The molecule has 0 aliphatic carbocycles. The van der Waals surface area contributed by atoms with Crippen molar-refractivity contribution in [2.24, 2.45) is 0 Å². The number of nitrogens with zero attached hydrogens (tertiary/aromatic N) is 3. The maximum atomic E-state index is 12.9. The van der Waals surface area contributed by atoms with Gasteiger partial charge in [-0.3, -0.25) is 4.79 Å². The maximum Gasteiger partial charge on any atom is 0.277 e. The molecule has 0 bridgehead atoms. The van der Waals surface area contributed by atoms with Crippen LogP contribution in [-0.2, 0) is 10.0 Å². The highest BCUT2D eigenvalue weighted by Gasteiger charge is 2.21. The van der Waals surface area contributed by atoms with Crippen LogP contribution in [0.1, 0.15) is 24.2 Å². The fourth-order valence-corrected chi connectivity index (χ4v) is 4.83. The number of hydrogen-bond donors (Lipinski definition) is 0. The Balaban J connectivity index is 1.67. The van der Waals surface area contributed by atoms with Gasteiger partial charge in [0.05, 0.1) is 10.6 Å². The first kappa shape index (κ1) is 22.1. The number of Topliss-reactive ketones (excluding diaryl/α,β-unsaturated/α-hetero) is 1. The van der Waals surface area contributed by atoms with E-state index in [1.54, 1.807) is 26.0 Å². The van der Waals surface area contributed by atoms with Gasteiger partial charge in [0.2, 0.25) is 15.9 Å². The molecule has 3 aromatic rings. The molecular weight excluding hydrogens is 429 g/mol. The van der Waals surface area contributed by atoms with Crippen LogP contribution in [-0.4, -0.2) is 47.5 Å². The molecule has 0 saturated carbocycles. The van der Waals surface area contributed by atoms with E-state index in [9.17, 15) is 17.6 Å². The van der Waals surface area contributed by atoms with Crippen LogP contribution in [0.5, 0.6) is 0 Å². The molecule has 7 nitrogen and oxygen atoms in total. The first-order valence-electron chi connectivity index (χ1n) is 9.20. The van der Waals surface area contributed by atoms with E-state index in [4.69, 9.17) is 4.42 Å². The lowest BCUT2D eigenvalue weighted by atomic mass is 10.1. The average molecular weight is 450 g/mol. The minimum atomic E-state index is -3.54. The second-order valence-electron chi connectivity index (χ2n) is 6.21. The van der Waals surface area contributed by atoms with Gasteiger partial charge >= 0.3 is 0 Å². The zero-order valence-corrected chi connectivity index (χ0v) is 18.0. The fraction of sp³-hybridized carbons (Fsp3) is 0.250. The number of thioether (sulfide) groups is 1. The Kier molecular flexibility index (Phi) is 7.01. The van der Waals surface area contributed by atoms with E-state index < -0.39 is 15.8 Å². The van der Waals surface area contributed by atoms with Gasteiger partial charge in [-0.15, -0.1) is 10.2 Å². The van der Waals surface area contributed by atoms with E-state index in [2.05, 4.69) is 10.2 Å². The van der Waals surface area contributed by atoms with Gasteiger partial charge in [0.1, 0.15) is 5.82 Å². The van der Waals surface area contributed by atoms with Crippen molar-refractivity contribution in [3.05, 3.63) is 59.9 Å². The highest BCUT2D eigenvalue weighted by Crippen LogP contribution is 2.25. The standard InChI is InChI=1S/C20H20FN3O4S2/c1-3-24(4-2)30(26,27)17-11-7-15(8-12-17)19-22-23-20(28-19)29-13-18(25)14-5-9-16(21)10-6-14/h5-12H,3-4,13H2,1-2H3. The summed E-state index contributed by atoms with van der Waals surface area (Å²) in [5.41, 5.74) is 0.964. The van der Waals surface area contributed by atoms with E-state index >= 15 is 0 Å². The molecule has 0 fully saturated rings. The first-order chi connectivity index (χ1) is 14.3. The molecule has 158 valence electrons. The Morgan fingerprint density at radius 2 is 1.67 bits per heavy atom. The van der Waals surface area contributed by atoms with Gasteiger partial charge < -0.3 is 4.42 Å². The summed E-state index contributed by atoms with van der Waals surface area (Å²) in [4.78, 5) is 12.3. The molecule has 2 aromatic carbocycles. The molecule has 0 radical (unpaired) electrons. The SMILES string of the molecule is CCN(CC)S(=O)(=O)c1ccc(-c2nnc(SCC(=O)c3ccc(F)cc3)o2)cc1. The molecule has 3 rings (SSSR count). The quantitative estimate of drug-likeness (QED) is 0.361. The van der Waals surface area contributed by atoms with E-state index in [0.717, 1.165) is 11.8 Å². The number of benzene rings is 2. The van der Waals surface area contributed by atoms with E-state index in [0.29, 0.717) is 24.2 Å². The molecule has 1 heterocycles. The number of carbonyl (C=O) groups excluding carboxylic acids is 1. The third-order valence-electron chi connectivity index (χ3n) is 4.34. The van der Waals surface area contributed by atoms with Crippen molar-refractivity contribution in [2.75, 3.05) is 18.8 Å². The minimum Gasteiger partial charge on any atom is -0.411 e. The Bertz CT molecular complexity index is 1110. The molecule has 0 aliphatic rings. The number of rotatable bonds is 9. The molecular formula is C20H20FN3O4S2. The Hall–Kier alpha value is -2.56. The van der Waals surface area contributed by atoms with E-state index in [1.807, 2.05) is 0 Å². The zero-order chi connectivity index (χ0) is 21.7. The van der Waals surface area contributed by atoms with Crippen LogP contribution in [0.3, 0.4) is 0 Å². The van der Waals surface area contributed by atoms with Crippen LogP contribution in [0.2, 0.25) is 0 Å². The molecule has 30 heavy (non-hydrogen) atoms. The summed E-state index contributed by atoms with van der Waals surface area (Å²) >= 11 is 1.07. The van der Waals surface area contributed by atoms with Gasteiger partial charge in [-0.2, -0.15) is 4.31 Å². The number of carbonyl (C=O) groups is 1. The number of halogens is 1. The van der Waals surface area contributed by atoms with Crippen LogP contribution in [0, 0.1) is 5.82 Å². The van der Waals surface area contributed by atoms with E-state index in [1.165, 1.54) is 40.7 Å². The summed E-state index contributed by atoms with van der Waals surface area (Å²) in [7, 11) is -3.54. The summed E-state index contributed by atoms with van der Waals surface area (Å²) in [6.45, 7) is 4.35. The lowest BCUT2D eigenvalue weighted by molar-refractivity contribution is 0.102. The van der Waals surface area contributed by atoms with Gasteiger partial charge in [0.25, 0.3) is 5.22 Å². The molecule has 0 saturated heterocycles. The summed E-state index contributed by atoms with van der Waals surface area (Å²) in [6, 6.07) is 11.5. The third kappa shape index (κ3) is 4.94. The Morgan fingerprint density at radius 1 is 1.03 bits per heavy atom. The first-order valence-corrected chi connectivity index (χ1v) is 11.6. The topological polar surface area (TPSA) is 93.4 Å². The third-order valence-corrected chi connectivity index (χ3v) is 7.23. The van der Waals surface area contributed by atoms with Gasteiger partial charge in [0, 0.05) is 24.2 Å². The molecule has 0 amide bonds. The van der Waals surface area contributed by atoms with Crippen LogP contribution >= 0.6 is 11.8 Å². The molecule has 0 atom stereocenters. The predicted molar refractivity (Wildman–Crippen MR) is 111 cm³/mol. The second kappa shape index (κ2) is 9.50. The Morgan fingerprint density at radius 3 is 2.27 bits per heavy atom. The van der Waals surface area contributed by atoms with Gasteiger partial charge in [0.15, 0.2) is 5.78 Å². The highest BCUT2D eigenvalue weighted by atomic mass is 32.2. The average Bonchev–Trinajstić information content (AvgIpc) is 3.22. The van der Waals surface area contributed by atoms with Crippen LogP contribution < -0.4 is 0 Å². The second-order valence-corrected chi connectivity index (χ2v) is 9.07. The van der Waals surface area contributed by atoms with Crippen LogP contribution in [0.15, 0.2) is 63.1 Å². The van der Waals surface area contributed by atoms with Crippen molar-refractivity contribution in [3.63, 3.8) is 0 Å². The number of hydrogen-bond acceptors (Lipinski definition) is 7. The van der Waals surface area contributed by atoms with Crippen molar-refractivity contribution in [1.82, 2.24) is 14.5 Å². The monoisotopic (exact) mass is 449 g/mol. The fourth-order valence-electron chi connectivity index (χ4n) is 2.71. The molecule has 10 heteroatoms. The summed E-state index contributed by atoms with van der Waals surface area (Å²) in [5, 5.41) is 8.06. The molecule has 0 N–H and O–H groups in total. The molecule has 1 aromatic heterocycles. The van der Waals surface area contributed by atoms with Gasteiger partial charge in [-0.05, 0) is 48.5 Å². The molecule has 0 aliphatic heterocycles. The number of sulfonamides is 1. The summed E-state index contributed by atoms with van der Waals surface area (Å²) < 4.78 is 45.0. The largest absolute Gasteiger partial charge is 0.411 e. The predicted octanol–water partition coefficient (Wildman–Crippen LogP) is 3.88. The zero-order valence-electron chi connectivity index (χ0n) is 16.4. The van der Waals surface area contributed by atoms with E-state index in [-0.39, 0.29) is 27.5 Å². The van der Waals surface area contributed by atoms with Crippen LogP contribution in [0.25, 0.3) is 11.5 Å². The van der Waals surface area contributed by atoms with Crippen LogP contribution in [0.4, 0.5) is 4.39 Å². The number of aromatic nitrogens is 2.